The Kier molecular flexibility index (Phi) is 5.42. The van der Waals surface area contributed by atoms with Crippen LogP contribution in [0.2, 0.25) is 0 Å². The molecule has 0 saturated heterocycles. The second-order valence-electron chi connectivity index (χ2n) is 4.20. The zero-order valence-electron chi connectivity index (χ0n) is 9.57. The van der Waals surface area contributed by atoms with Gasteiger partial charge in [0.25, 0.3) is 0 Å². The lowest BCUT2D eigenvalue weighted by molar-refractivity contribution is 0.555. The minimum absolute atomic E-state index is 0.0766. The van der Waals surface area contributed by atoms with Crippen LogP contribution in [0.4, 0.5) is 0 Å². The number of benzene rings is 1. The Morgan fingerprint density at radius 1 is 1.11 bits per heavy atom. The number of rotatable bonds is 5. The fourth-order valence-corrected chi connectivity index (χ4v) is 4.83. The summed E-state index contributed by atoms with van der Waals surface area (Å²) in [4.78, 5) is 5.48. The molecule has 1 aromatic heterocycles. The molecule has 96 valence electrons. The molecular weight excluding hydrogens is 442 g/mol. The highest BCUT2D eigenvalue weighted by Crippen LogP contribution is 2.34. The molecule has 0 atom stereocenters. The summed E-state index contributed by atoms with van der Waals surface area (Å²) < 4.78 is 1.11. The molecule has 2 rings (SSSR count). The summed E-state index contributed by atoms with van der Waals surface area (Å²) in [6.45, 7) is 0. The SMILES string of the molecule is BrCC(CBr)(Cc1cncs1)c1ccc(Br)cc1. The Labute approximate surface area is 136 Å². The second kappa shape index (κ2) is 6.64. The second-order valence-corrected chi connectivity index (χ2v) is 7.21. The van der Waals surface area contributed by atoms with Crippen LogP contribution in [0.15, 0.2) is 40.4 Å². The molecule has 0 amide bonds. The lowest BCUT2D eigenvalue weighted by Crippen LogP contribution is -2.32. The van der Waals surface area contributed by atoms with Crippen molar-refractivity contribution in [2.45, 2.75) is 11.8 Å². The van der Waals surface area contributed by atoms with E-state index in [9.17, 15) is 0 Å². The smallest absolute Gasteiger partial charge is 0.0794 e. The molecule has 0 aliphatic heterocycles. The first-order chi connectivity index (χ1) is 8.70. The Balaban J connectivity index is 2.33. The van der Waals surface area contributed by atoms with Crippen LogP contribution < -0.4 is 0 Å². The zero-order valence-corrected chi connectivity index (χ0v) is 15.1. The molecule has 1 heterocycles. The van der Waals surface area contributed by atoms with E-state index in [0.29, 0.717) is 0 Å². The van der Waals surface area contributed by atoms with Gasteiger partial charge in [0, 0.05) is 31.6 Å². The van der Waals surface area contributed by atoms with Crippen LogP contribution in [-0.2, 0) is 11.8 Å². The van der Waals surface area contributed by atoms with E-state index in [0.717, 1.165) is 21.6 Å². The molecule has 0 unspecified atom stereocenters. The van der Waals surface area contributed by atoms with Gasteiger partial charge >= 0.3 is 0 Å². The number of halogens is 3. The van der Waals surface area contributed by atoms with Crippen LogP contribution in [0.25, 0.3) is 0 Å². The van der Waals surface area contributed by atoms with Gasteiger partial charge in [0.05, 0.1) is 5.51 Å². The molecule has 0 bridgehead atoms. The number of nitrogens with zero attached hydrogens (tertiary/aromatic N) is 1. The Morgan fingerprint density at radius 3 is 2.28 bits per heavy atom. The van der Waals surface area contributed by atoms with Gasteiger partial charge in [-0.1, -0.05) is 59.9 Å². The van der Waals surface area contributed by atoms with Crippen LogP contribution in [0.3, 0.4) is 0 Å². The standard InChI is InChI=1S/C13H12Br3NS/c14-7-13(8-15,5-12-6-17-9-18-12)10-1-3-11(16)4-2-10/h1-4,6,9H,5,7-8H2. The Hall–Kier alpha value is 0.290. The molecule has 18 heavy (non-hydrogen) atoms. The van der Waals surface area contributed by atoms with E-state index in [1.807, 2.05) is 11.7 Å². The Morgan fingerprint density at radius 2 is 1.78 bits per heavy atom. The molecule has 0 fully saturated rings. The summed E-state index contributed by atoms with van der Waals surface area (Å²) in [5.41, 5.74) is 3.31. The van der Waals surface area contributed by atoms with Crippen LogP contribution in [0.1, 0.15) is 10.4 Å². The van der Waals surface area contributed by atoms with Gasteiger partial charge in [-0.3, -0.25) is 4.98 Å². The summed E-state index contributed by atoms with van der Waals surface area (Å²) in [5, 5.41) is 1.84. The molecule has 5 heteroatoms. The summed E-state index contributed by atoms with van der Waals surface area (Å²) in [7, 11) is 0. The molecule has 0 saturated carbocycles. The van der Waals surface area contributed by atoms with Crippen molar-refractivity contribution in [2.24, 2.45) is 0 Å². The summed E-state index contributed by atoms with van der Waals surface area (Å²) in [6.07, 6.45) is 2.96. The van der Waals surface area contributed by atoms with E-state index in [2.05, 4.69) is 77.0 Å². The highest BCUT2D eigenvalue weighted by atomic mass is 79.9. The third-order valence-electron chi connectivity index (χ3n) is 2.96. The van der Waals surface area contributed by atoms with Crippen molar-refractivity contribution < 1.29 is 0 Å². The number of aromatic nitrogens is 1. The van der Waals surface area contributed by atoms with E-state index in [-0.39, 0.29) is 5.41 Å². The minimum Gasteiger partial charge on any atom is -0.253 e. The van der Waals surface area contributed by atoms with E-state index < -0.39 is 0 Å². The van der Waals surface area contributed by atoms with Crippen molar-refractivity contribution in [1.29, 1.82) is 0 Å². The first-order valence-electron chi connectivity index (χ1n) is 5.45. The van der Waals surface area contributed by atoms with Crippen molar-refractivity contribution in [3.05, 3.63) is 50.9 Å². The van der Waals surface area contributed by atoms with E-state index in [1.54, 1.807) is 11.3 Å². The summed E-state index contributed by atoms with van der Waals surface area (Å²) in [6, 6.07) is 8.57. The molecule has 1 nitrogen and oxygen atoms in total. The van der Waals surface area contributed by atoms with Gasteiger partial charge in [-0.05, 0) is 24.1 Å². The van der Waals surface area contributed by atoms with Crippen LogP contribution in [-0.4, -0.2) is 15.6 Å². The fourth-order valence-electron chi connectivity index (χ4n) is 1.85. The summed E-state index contributed by atoms with van der Waals surface area (Å²) >= 11 is 12.6. The summed E-state index contributed by atoms with van der Waals surface area (Å²) in [5.74, 6) is 0. The normalized spacial score (nSPS) is 11.7. The topological polar surface area (TPSA) is 12.9 Å². The highest BCUT2D eigenvalue weighted by molar-refractivity contribution is 9.10. The highest BCUT2D eigenvalue weighted by Gasteiger charge is 2.30. The molecular formula is C13H12Br3NS. The lowest BCUT2D eigenvalue weighted by Gasteiger charge is -2.30. The number of hydrogen-bond acceptors (Lipinski definition) is 2. The number of hydrogen-bond donors (Lipinski definition) is 0. The number of alkyl halides is 2. The minimum atomic E-state index is 0.0766. The van der Waals surface area contributed by atoms with Crippen molar-refractivity contribution >= 4 is 59.1 Å². The quantitative estimate of drug-likeness (QED) is 0.569. The maximum absolute atomic E-state index is 4.16. The van der Waals surface area contributed by atoms with Crippen molar-refractivity contribution in [3.8, 4) is 0 Å². The van der Waals surface area contributed by atoms with Crippen LogP contribution in [0, 0.1) is 0 Å². The maximum atomic E-state index is 4.16. The number of thiazole rings is 1. The third kappa shape index (κ3) is 3.24. The van der Waals surface area contributed by atoms with E-state index in [1.165, 1.54) is 10.4 Å². The van der Waals surface area contributed by atoms with Gasteiger partial charge in [0.1, 0.15) is 0 Å². The Bertz CT molecular complexity index is 477. The van der Waals surface area contributed by atoms with Crippen molar-refractivity contribution in [2.75, 3.05) is 10.7 Å². The molecule has 0 radical (unpaired) electrons. The van der Waals surface area contributed by atoms with Gasteiger partial charge in [-0.25, -0.2) is 0 Å². The average molecular weight is 454 g/mol. The predicted molar refractivity (Wildman–Crippen MR) is 89.2 cm³/mol. The fraction of sp³-hybridized carbons (Fsp3) is 0.308. The maximum Gasteiger partial charge on any atom is 0.0794 e. The van der Waals surface area contributed by atoms with Crippen molar-refractivity contribution in [1.82, 2.24) is 4.98 Å². The van der Waals surface area contributed by atoms with Gasteiger partial charge in [-0.15, -0.1) is 11.3 Å². The predicted octanol–water partition coefficient (Wildman–Crippen LogP) is 5.18. The van der Waals surface area contributed by atoms with Gasteiger partial charge in [0.15, 0.2) is 0 Å². The molecule has 2 aromatic rings. The molecule has 1 aromatic carbocycles. The van der Waals surface area contributed by atoms with Crippen LogP contribution in [0.5, 0.6) is 0 Å². The van der Waals surface area contributed by atoms with Crippen LogP contribution >= 0.6 is 59.1 Å². The zero-order chi connectivity index (χ0) is 13.0. The molecule has 0 aliphatic rings. The molecule has 0 aliphatic carbocycles. The first-order valence-corrected chi connectivity index (χ1v) is 9.37. The average Bonchev–Trinajstić information content (AvgIpc) is 2.90. The van der Waals surface area contributed by atoms with Gasteiger partial charge in [0.2, 0.25) is 0 Å². The lowest BCUT2D eigenvalue weighted by atomic mass is 9.81. The molecule has 0 N–H and O–H groups in total. The van der Waals surface area contributed by atoms with E-state index in [4.69, 9.17) is 0 Å². The van der Waals surface area contributed by atoms with Gasteiger partial charge < -0.3 is 0 Å². The monoisotopic (exact) mass is 451 g/mol. The first kappa shape index (κ1) is 14.7. The largest absolute Gasteiger partial charge is 0.253 e. The van der Waals surface area contributed by atoms with Crippen molar-refractivity contribution in [3.63, 3.8) is 0 Å². The van der Waals surface area contributed by atoms with E-state index >= 15 is 0 Å². The third-order valence-corrected chi connectivity index (χ3v) is 6.42. The molecule has 0 spiro atoms. The van der Waals surface area contributed by atoms with Gasteiger partial charge in [-0.2, -0.15) is 0 Å².